The molecule has 3 nitrogen and oxygen atoms in total. The molecule has 3 rings (SSSR count). The van der Waals surface area contributed by atoms with Crippen molar-refractivity contribution in [2.24, 2.45) is 0 Å². The summed E-state index contributed by atoms with van der Waals surface area (Å²) in [5, 5.41) is 5.44. The van der Waals surface area contributed by atoms with Crippen molar-refractivity contribution in [3.8, 4) is 0 Å². The summed E-state index contributed by atoms with van der Waals surface area (Å²) in [5.74, 6) is 0. The molecule has 0 spiro atoms. The van der Waals surface area contributed by atoms with Crippen molar-refractivity contribution in [2.75, 3.05) is 20.1 Å². The topological polar surface area (TPSA) is 28.2 Å². The summed E-state index contributed by atoms with van der Waals surface area (Å²) >= 11 is 6.59. The Labute approximate surface area is 162 Å². The summed E-state index contributed by atoms with van der Waals surface area (Å²) in [7, 11) is 2.19. The molecular formula is C18H26Cl3N3. The third kappa shape index (κ3) is 4.74. The fourth-order valence-corrected chi connectivity index (χ4v) is 3.53. The Morgan fingerprint density at radius 2 is 1.96 bits per heavy atom. The van der Waals surface area contributed by atoms with Crippen molar-refractivity contribution in [3.63, 3.8) is 0 Å². The number of nitrogens with one attached hydrogen (secondary N) is 1. The highest BCUT2D eigenvalue weighted by Crippen LogP contribution is 2.28. The monoisotopic (exact) mass is 389 g/mol. The Morgan fingerprint density at radius 1 is 1.21 bits per heavy atom. The van der Waals surface area contributed by atoms with Crippen LogP contribution in [0.5, 0.6) is 0 Å². The Morgan fingerprint density at radius 3 is 2.75 bits per heavy atom. The van der Waals surface area contributed by atoms with Gasteiger partial charge in [0.25, 0.3) is 0 Å². The van der Waals surface area contributed by atoms with E-state index in [0.29, 0.717) is 6.04 Å². The van der Waals surface area contributed by atoms with Crippen molar-refractivity contribution in [3.05, 3.63) is 40.5 Å². The summed E-state index contributed by atoms with van der Waals surface area (Å²) in [5.41, 5.74) is 3.17. The van der Waals surface area contributed by atoms with Gasteiger partial charge in [0.1, 0.15) is 0 Å². The number of hydrogen-bond donors (Lipinski definition) is 1. The molecule has 1 aromatic heterocycles. The normalized spacial score (nSPS) is 17.9. The van der Waals surface area contributed by atoms with Crippen LogP contribution in [0.4, 0.5) is 0 Å². The van der Waals surface area contributed by atoms with Crippen LogP contribution >= 0.6 is 36.4 Å². The molecule has 1 saturated heterocycles. The molecule has 1 aliphatic rings. The van der Waals surface area contributed by atoms with Crippen molar-refractivity contribution in [1.82, 2.24) is 15.2 Å². The van der Waals surface area contributed by atoms with Crippen molar-refractivity contribution >= 4 is 47.3 Å². The fourth-order valence-electron chi connectivity index (χ4n) is 3.33. The molecule has 1 fully saturated rings. The first-order valence-electron chi connectivity index (χ1n) is 8.11. The van der Waals surface area contributed by atoms with E-state index in [1.54, 1.807) is 0 Å². The lowest BCUT2D eigenvalue weighted by atomic mass is 10.1. The third-order valence-corrected chi connectivity index (χ3v) is 5.22. The summed E-state index contributed by atoms with van der Waals surface area (Å²) in [6, 6.07) is 8.84. The van der Waals surface area contributed by atoms with Gasteiger partial charge >= 0.3 is 0 Å². The number of aromatic nitrogens is 1. The Balaban J connectivity index is 0.00000144. The van der Waals surface area contributed by atoms with E-state index >= 15 is 0 Å². The maximum atomic E-state index is 6.59. The zero-order chi connectivity index (χ0) is 15.5. The van der Waals surface area contributed by atoms with Crippen molar-refractivity contribution in [1.29, 1.82) is 0 Å². The van der Waals surface area contributed by atoms with Crippen LogP contribution in [0.25, 0.3) is 10.9 Å². The number of nitrogens with zero attached hydrogens (tertiary/aromatic N) is 2. The molecular weight excluding hydrogens is 365 g/mol. The number of rotatable bonds is 3. The standard InChI is InChI=1S/C18H24ClN3.2ClH/c1-13-15-7-3-4-8-16(15)21-17(18(13)19)12-22(2)14-6-5-10-20-11-9-14;;/h3-4,7-8,14,20H,5-6,9-12H2,1-2H3;2*1H. The van der Waals surface area contributed by atoms with E-state index in [-0.39, 0.29) is 24.8 Å². The van der Waals surface area contributed by atoms with Crippen LogP contribution in [0, 0.1) is 6.92 Å². The van der Waals surface area contributed by atoms with Gasteiger partial charge in [0.05, 0.1) is 16.2 Å². The number of aryl methyl sites for hydroxylation is 1. The predicted molar refractivity (Wildman–Crippen MR) is 108 cm³/mol. The lowest BCUT2D eigenvalue weighted by molar-refractivity contribution is 0.214. The van der Waals surface area contributed by atoms with Gasteiger partial charge in [-0.05, 0) is 58.0 Å². The largest absolute Gasteiger partial charge is 0.317 e. The molecule has 0 amide bonds. The molecule has 24 heavy (non-hydrogen) atoms. The number of pyridine rings is 1. The molecule has 1 N–H and O–H groups in total. The highest BCUT2D eigenvalue weighted by atomic mass is 35.5. The van der Waals surface area contributed by atoms with Gasteiger partial charge in [-0.3, -0.25) is 4.90 Å². The first kappa shape index (κ1) is 21.5. The molecule has 0 saturated carbocycles. The van der Waals surface area contributed by atoms with Crippen LogP contribution in [0.3, 0.4) is 0 Å². The Bertz CT molecular complexity index is 655. The summed E-state index contributed by atoms with van der Waals surface area (Å²) in [6.45, 7) is 5.14. The molecule has 1 aromatic carbocycles. The lowest BCUT2D eigenvalue weighted by Crippen LogP contribution is -2.32. The lowest BCUT2D eigenvalue weighted by Gasteiger charge is -2.27. The average molecular weight is 391 g/mol. The number of halogens is 3. The molecule has 0 aliphatic carbocycles. The van der Waals surface area contributed by atoms with E-state index in [1.165, 1.54) is 19.3 Å². The molecule has 1 unspecified atom stereocenters. The predicted octanol–water partition coefficient (Wildman–Crippen LogP) is 4.61. The van der Waals surface area contributed by atoms with Crippen LogP contribution in [-0.4, -0.2) is 36.1 Å². The quantitative estimate of drug-likeness (QED) is 0.829. The van der Waals surface area contributed by atoms with E-state index in [1.807, 2.05) is 12.1 Å². The molecule has 1 atom stereocenters. The van der Waals surface area contributed by atoms with E-state index in [9.17, 15) is 0 Å². The third-order valence-electron chi connectivity index (χ3n) is 4.71. The van der Waals surface area contributed by atoms with Crippen LogP contribution in [0.15, 0.2) is 24.3 Å². The summed E-state index contributed by atoms with van der Waals surface area (Å²) < 4.78 is 0. The molecule has 134 valence electrons. The maximum absolute atomic E-state index is 6.59. The Hall–Kier alpha value is -0.580. The van der Waals surface area contributed by atoms with Gasteiger partial charge < -0.3 is 5.32 Å². The van der Waals surface area contributed by atoms with Gasteiger partial charge in [0.15, 0.2) is 0 Å². The average Bonchev–Trinajstić information content (AvgIpc) is 2.81. The highest BCUT2D eigenvalue weighted by molar-refractivity contribution is 6.32. The molecule has 1 aliphatic heterocycles. The second kappa shape index (κ2) is 9.79. The zero-order valence-corrected chi connectivity index (χ0v) is 16.6. The highest BCUT2D eigenvalue weighted by Gasteiger charge is 2.19. The van der Waals surface area contributed by atoms with E-state index in [4.69, 9.17) is 16.6 Å². The van der Waals surface area contributed by atoms with E-state index in [2.05, 4.69) is 36.3 Å². The van der Waals surface area contributed by atoms with E-state index in [0.717, 1.165) is 46.8 Å². The van der Waals surface area contributed by atoms with Gasteiger partial charge in [-0.1, -0.05) is 29.8 Å². The number of benzene rings is 1. The van der Waals surface area contributed by atoms with Gasteiger partial charge in [-0.25, -0.2) is 4.98 Å². The summed E-state index contributed by atoms with van der Waals surface area (Å²) in [4.78, 5) is 7.22. The SMILES string of the molecule is Cc1c(Cl)c(CN(C)C2CCCNCC2)nc2ccccc12.Cl.Cl. The molecule has 2 aromatic rings. The first-order chi connectivity index (χ1) is 10.7. The number of fused-ring (bicyclic) bond motifs is 1. The maximum Gasteiger partial charge on any atom is 0.0740 e. The van der Waals surface area contributed by atoms with Crippen molar-refractivity contribution < 1.29 is 0 Å². The van der Waals surface area contributed by atoms with E-state index < -0.39 is 0 Å². The van der Waals surface area contributed by atoms with Gasteiger partial charge in [-0.15, -0.1) is 24.8 Å². The molecule has 6 heteroatoms. The van der Waals surface area contributed by atoms with Gasteiger partial charge in [0.2, 0.25) is 0 Å². The second-order valence-electron chi connectivity index (χ2n) is 6.26. The van der Waals surface area contributed by atoms with Crippen LogP contribution in [0.1, 0.15) is 30.5 Å². The minimum atomic E-state index is 0. The smallest absolute Gasteiger partial charge is 0.0740 e. The fraction of sp³-hybridized carbons (Fsp3) is 0.500. The molecule has 2 heterocycles. The minimum Gasteiger partial charge on any atom is -0.317 e. The van der Waals surface area contributed by atoms with Gasteiger partial charge in [0, 0.05) is 18.0 Å². The second-order valence-corrected chi connectivity index (χ2v) is 6.64. The van der Waals surface area contributed by atoms with Crippen LogP contribution < -0.4 is 5.32 Å². The molecule has 0 bridgehead atoms. The van der Waals surface area contributed by atoms with Crippen LogP contribution in [0.2, 0.25) is 5.02 Å². The zero-order valence-electron chi connectivity index (χ0n) is 14.2. The Kier molecular flexibility index (Phi) is 8.75. The summed E-state index contributed by atoms with van der Waals surface area (Å²) in [6.07, 6.45) is 3.68. The minimum absolute atomic E-state index is 0. The van der Waals surface area contributed by atoms with Crippen molar-refractivity contribution in [2.45, 2.75) is 38.8 Å². The van der Waals surface area contributed by atoms with Crippen LogP contribution in [-0.2, 0) is 6.54 Å². The first-order valence-corrected chi connectivity index (χ1v) is 8.49. The molecule has 0 radical (unpaired) electrons. The number of hydrogen-bond acceptors (Lipinski definition) is 3. The number of para-hydroxylation sites is 1. The van der Waals surface area contributed by atoms with Gasteiger partial charge in [-0.2, -0.15) is 0 Å².